The molecular formula is C8H10N2O3S. The molecule has 14 heavy (non-hydrogen) atoms. The number of nitrogens with two attached hydrogens (primary N) is 1. The van der Waals surface area contributed by atoms with E-state index in [-0.39, 0.29) is 4.90 Å². The third-order valence-corrected chi connectivity index (χ3v) is 2.40. The molecule has 0 aliphatic rings. The number of sulfonamides is 1. The fourth-order valence-electron chi connectivity index (χ4n) is 0.835. The van der Waals surface area contributed by atoms with Gasteiger partial charge >= 0.3 is 0 Å². The molecule has 0 fully saturated rings. The third-order valence-electron chi connectivity index (χ3n) is 1.47. The summed E-state index contributed by atoms with van der Waals surface area (Å²) in [6.07, 6.45) is 1.26. The van der Waals surface area contributed by atoms with Crippen molar-refractivity contribution < 1.29 is 13.2 Å². The Hall–Kier alpha value is -1.40. The molecule has 1 aromatic rings. The van der Waals surface area contributed by atoms with Crippen molar-refractivity contribution >= 4 is 22.1 Å². The number of ether oxygens (including phenoxy) is 1. The summed E-state index contributed by atoms with van der Waals surface area (Å²) in [6.45, 7) is 0. The molecule has 0 aliphatic carbocycles. The van der Waals surface area contributed by atoms with Gasteiger partial charge in [-0.1, -0.05) is 0 Å². The van der Waals surface area contributed by atoms with Gasteiger partial charge in [0.1, 0.15) is 0 Å². The highest BCUT2D eigenvalue weighted by Gasteiger charge is 2.05. The molecule has 0 bridgehead atoms. The summed E-state index contributed by atoms with van der Waals surface area (Å²) in [6, 6.07) is 5.85. The quantitative estimate of drug-likeness (QED) is 0.592. The van der Waals surface area contributed by atoms with Crippen LogP contribution in [-0.2, 0) is 14.8 Å². The van der Waals surface area contributed by atoms with Crippen LogP contribution in [0, 0.1) is 0 Å². The van der Waals surface area contributed by atoms with Crippen LogP contribution in [0.15, 0.2) is 34.2 Å². The molecule has 1 aromatic carbocycles. The highest BCUT2D eigenvalue weighted by molar-refractivity contribution is 7.89. The van der Waals surface area contributed by atoms with Gasteiger partial charge in [-0.2, -0.15) is 0 Å². The lowest BCUT2D eigenvalue weighted by Gasteiger charge is -1.97. The summed E-state index contributed by atoms with van der Waals surface area (Å²) in [5.41, 5.74) is 0.597. The van der Waals surface area contributed by atoms with Gasteiger partial charge in [0.25, 0.3) is 0 Å². The van der Waals surface area contributed by atoms with E-state index >= 15 is 0 Å². The van der Waals surface area contributed by atoms with E-state index in [9.17, 15) is 8.42 Å². The molecule has 5 nitrogen and oxygen atoms in total. The van der Waals surface area contributed by atoms with E-state index in [0.717, 1.165) is 0 Å². The number of methoxy groups -OCH3 is 1. The maximum Gasteiger partial charge on any atom is 0.238 e. The van der Waals surface area contributed by atoms with Crippen LogP contribution >= 0.6 is 0 Å². The maximum absolute atomic E-state index is 10.9. The fourth-order valence-corrected chi connectivity index (χ4v) is 1.35. The van der Waals surface area contributed by atoms with Crippen molar-refractivity contribution in [1.82, 2.24) is 0 Å². The van der Waals surface area contributed by atoms with Gasteiger partial charge in [-0.05, 0) is 24.3 Å². The lowest BCUT2D eigenvalue weighted by atomic mass is 10.3. The predicted octanol–water partition coefficient (Wildman–Crippen LogP) is 0.640. The first-order chi connectivity index (χ1) is 6.54. The maximum atomic E-state index is 10.9. The Labute approximate surface area is 82.3 Å². The number of aliphatic imine (C=N–C) groups is 1. The molecule has 0 saturated carbocycles. The lowest BCUT2D eigenvalue weighted by Crippen LogP contribution is -2.11. The number of hydrogen-bond acceptors (Lipinski definition) is 4. The van der Waals surface area contributed by atoms with Crippen molar-refractivity contribution in [3.63, 3.8) is 0 Å². The van der Waals surface area contributed by atoms with Crippen LogP contribution in [0.4, 0.5) is 5.69 Å². The van der Waals surface area contributed by atoms with Crippen molar-refractivity contribution in [3.05, 3.63) is 24.3 Å². The van der Waals surface area contributed by atoms with Gasteiger partial charge in [-0.15, -0.1) is 0 Å². The zero-order chi connectivity index (χ0) is 10.6. The van der Waals surface area contributed by atoms with Gasteiger partial charge in [-0.3, -0.25) is 0 Å². The van der Waals surface area contributed by atoms with E-state index in [4.69, 9.17) is 5.14 Å². The monoisotopic (exact) mass is 214 g/mol. The molecule has 0 unspecified atom stereocenters. The van der Waals surface area contributed by atoms with Gasteiger partial charge in [0, 0.05) is 0 Å². The average Bonchev–Trinajstić information content (AvgIpc) is 2.14. The van der Waals surface area contributed by atoms with E-state index < -0.39 is 10.0 Å². The molecule has 0 radical (unpaired) electrons. The van der Waals surface area contributed by atoms with Crippen LogP contribution in [0.25, 0.3) is 0 Å². The van der Waals surface area contributed by atoms with E-state index in [2.05, 4.69) is 9.73 Å². The Kier molecular flexibility index (Phi) is 3.21. The third kappa shape index (κ3) is 2.82. The number of rotatable bonds is 3. The first-order valence-corrected chi connectivity index (χ1v) is 5.27. The molecule has 2 N–H and O–H groups in total. The molecule has 0 aliphatic heterocycles. The van der Waals surface area contributed by atoms with Crippen molar-refractivity contribution in [2.45, 2.75) is 4.90 Å². The predicted molar refractivity (Wildman–Crippen MR) is 53.0 cm³/mol. The summed E-state index contributed by atoms with van der Waals surface area (Å²) in [7, 11) is -2.15. The molecule has 0 aromatic heterocycles. The molecule has 0 spiro atoms. The highest BCUT2D eigenvalue weighted by Crippen LogP contribution is 2.14. The largest absolute Gasteiger partial charge is 0.486 e. The zero-order valence-electron chi connectivity index (χ0n) is 7.54. The molecule has 0 atom stereocenters. The zero-order valence-corrected chi connectivity index (χ0v) is 8.36. The fraction of sp³-hybridized carbons (Fsp3) is 0.125. The van der Waals surface area contributed by atoms with E-state index in [0.29, 0.717) is 5.69 Å². The Morgan fingerprint density at radius 1 is 1.36 bits per heavy atom. The minimum Gasteiger partial charge on any atom is -0.486 e. The highest BCUT2D eigenvalue weighted by atomic mass is 32.2. The standard InChI is InChI=1S/C8H10N2O3S/c1-13-6-10-7-2-4-8(5-3-7)14(9,11)12/h2-6H,1H3,(H2,9,11,12). The van der Waals surface area contributed by atoms with Crippen LogP contribution in [0.1, 0.15) is 0 Å². The van der Waals surface area contributed by atoms with Crippen LogP contribution in [-0.4, -0.2) is 21.9 Å². The number of hydrogen-bond donors (Lipinski definition) is 1. The number of nitrogens with zero attached hydrogens (tertiary/aromatic N) is 1. The lowest BCUT2D eigenvalue weighted by molar-refractivity contribution is 0.423. The van der Waals surface area contributed by atoms with Crippen LogP contribution in [0.3, 0.4) is 0 Å². The SMILES string of the molecule is COC=Nc1ccc(S(N)(=O)=O)cc1. The molecule has 0 saturated heterocycles. The summed E-state index contributed by atoms with van der Waals surface area (Å²) in [4.78, 5) is 3.93. The van der Waals surface area contributed by atoms with Gasteiger partial charge in [0.15, 0.2) is 6.40 Å². The van der Waals surface area contributed by atoms with Gasteiger partial charge in [0.05, 0.1) is 17.7 Å². The second kappa shape index (κ2) is 4.21. The number of primary sulfonamides is 1. The minimum absolute atomic E-state index is 0.0638. The van der Waals surface area contributed by atoms with Crippen LogP contribution in [0.5, 0.6) is 0 Å². The summed E-state index contributed by atoms with van der Waals surface area (Å²) in [5.74, 6) is 0. The van der Waals surface area contributed by atoms with E-state index in [1.165, 1.54) is 37.8 Å². The van der Waals surface area contributed by atoms with Crippen molar-refractivity contribution in [1.29, 1.82) is 0 Å². The Balaban J connectivity index is 2.95. The smallest absolute Gasteiger partial charge is 0.238 e. The molecule has 0 amide bonds. The van der Waals surface area contributed by atoms with Crippen molar-refractivity contribution in [2.24, 2.45) is 10.1 Å². The summed E-state index contributed by atoms with van der Waals surface area (Å²) < 4.78 is 26.4. The number of benzene rings is 1. The normalized spacial score (nSPS) is 11.9. The van der Waals surface area contributed by atoms with Crippen molar-refractivity contribution in [2.75, 3.05) is 7.11 Å². The summed E-state index contributed by atoms with van der Waals surface area (Å²) in [5, 5.41) is 4.92. The van der Waals surface area contributed by atoms with Gasteiger partial charge in [0.2, 0.25) is 10.0 Å². The summed E-state index contributed by atoms with van der Waals surface area (Å²) >= 11 is 0. The van der Waals surface area contributed by atoms with Crippen LogP contribution in [0.2, 0.25) is 0 Å². The van der Waals surface area contributed by atoms with Gasteiger partial charge < -0.3 is 4.74 Å². The Morgan fingerprint density at radius 3 is 2.36 bits per heavy atom. The molecular weight excluding hydrogens is 204 g/mol. The molecule has 0 heterocycles. The van der Waals surface area contributed by atoms with Crippen molar-refractivity contribution in [3.8, 4) is 0 Å². The van der Waals surface area contributed by atoms with Gasteiger partial charge in [-0.25, -0.2) is 18.5 Å². The molecule has 76 valence electrons. The van der Waals surface area contributed by atoms with E-state index in [1.54, 1.807) is 0 Å². The topological polar surface area (TPSA) is 81.8 Å². The first kappa shape index (κ1) is 10.7. The second-order valence-electron chi connectivity index (χ2n) is 2.51. The molecule has 1 rings (SSSR count). The Bertz CT molecular complexity index is 422. The van der Waals surface area contributed by atoms with Crippen LogP contribution < -0.4 is 5.14 Å². The minimum atomic E-state index is -3.62. The first-order valence-electron chi connectivity index (χ1n) is 3.72. The van der Waals surface area contributed by atoms with E-state index in [1.807, 2.05) is 0 Å². The Morgan fingerprint density at radius 2 is 1.93 bits per heavy atom. The second-order valence-corrected chi connectivity index (χ2v) is 4.07. The average molecular weight is 214 g/mol. The molecule has 6 heteroatoms.